The molecule has 1 fully saturated rings. The molecule has 0 radical (unpaired) electrons. The Morgan fingerprint density at radius 2 is 1.93 bits per heavy atom. The molecule has 2 amide bonds. The molecule has 1 spiro atoms. The maximum Gasteiger partial charge on any atom is 0.321 e. The Morgan fingerprint density at radius 3 is 2.63 bits per heavy atom. The molecule has 6 heteroatoms. The third-order valence-corrected chi connectivity index (χ3v) is 6.52. The standard InChI is InChI=1S/C24H28ClFN2O2/c1-2-3-4-17-5-7-20(8-6-17)27-23(29)28-13-11-24(12-14-28)10-9-18-15-19(26)16-21(25)22(18)30-24/h5-8,15-16H,2-4,9-14H2,1H3,(H,27,29). The van der Waals surface area contributed by atoms with Crippen LogP contribution in [0.15, 0.2) is 36.4 Å². The van der Waals surface area contributed by atoms with Gasteiger partial charge in [-0.25, -0.2) is 9.18 Å². The number of anilines is 1. The highest BCUT2D eigenvalue weighted by molar-refractivity contribution is 6.32. The highest BCUT2D eigenvalue weighted by Gasteiger charge is 2.41. The fourth-order valence-electron chi connectivity index (χ4n) is 4.35. The molecule has 4 nitrogen and oxygen atoms in total. The molecule has 2 heterocycles. The molecule has 0 aliphatic carbocycles. The number of amides is 2. The molecule has 2 aliphatic heterocycles. The summed E-state index contributed by atoms with van der Waals surface area (Å²) in [5.41, 5.74) is 2.61. The topological polar surface area (TPSA) is 41.6 Å². The zero-order chi connectivity index (χ0) is 21.1. The maximum atomic E-state index is 13.6. The van der Waals surface area contributed by atoms with E-state index in [-0.39, 0.29) is 17.4 Å². The van der Waals surface area contributed by atoms with Gasteiger partial charge in [0.25, 0.3) is 0 Å². The van der Waals surface area contributed by atoms with E-state index in [1.807, 2.05) is 17.0 Å². The van der Waals surface area contributed by atoms with Crippen molar-refractivity contribution in [1.82, 2.24) is 4.90 Å². The first-order chi connectivity index (χ1) is 14.5. The molecule has 0 saturated carbocycles. The minimum Gasteiger partial charge on any atom is -0.485 e. The third kappa shape index (κ3) is 4.56. The second-order valence-corrected chi connectivity index (χ2v) is 8.79. The maximum absolute atomic E-state index is 13.6. The molecule has 160 valence electrons. The molecule has 0 unspecified atom stereocenters. The average Bonchev–Trinajstić information content (AvgIpc) is 2.74. The van der Waals surface area contributed by atoms with Crippen LogP contribution in [0, 0.1) is 5.82 Å². The predicted octanol–water partition coefficient (Wildman–Crippen LogP) is 6.21. The second-order valence-electron chi connectivity index (χ2n) is 8.38. The predicted molar refractivity (Wildman–Crippen MR) is 118 cm³/mol. The van der Waals surface area contributed by atoms with Crippen molar-refractivity contribution < 1.29 is 13.9 Å². The summed E-state index contributed by atoms with van der Waals surface area (Å²) in [7, 11) is 0. The van der Waals surface area contributed by atoms with Crippen molar-refractivity contribution in [2.24, 2.45) is 0 Å². The van der Waals surface area contributed by atoms with Gasteiger partial charge in [-0.2, -0.15) is 0 Å². The van der Waals surface area contributed by atoms with E-state index in [9.17, 15) is 9.18 Å². The van der Waals surface area contributed by atoms with E-state index in [0.717, 1.165) is 43.4 Å². The lowest BCUT2D eigenvalue weighted by molar-refractivity contribution is -0.00439. The Bertz CT molecular complexity index is 908. The van der Waals surface area contributed by atoms with Gasteiger partial charge < -0.3 is 15.0 Å². The van der Waals surface area contributed by atoms with Crippen LogP contribution in [0.4, 0.5) is 14.9 Å². The van der Waals surface area contributed by atoms with Crippen LogP contribution in [0.2, 0.25) is 5.02 Å². The lowest BCUT2D eigenvalue weighted by Crippen LogP contribution is -2.52. The number of unbranched alkanes of at least 4 members (excludes halogenated alkanes) is 1. The Morgan fingerprint density at radius 1 is 1.20 bits per heavy atom. The van der Waals surface area contributed by atoms with E-state index in [1.54, 1.807) is 0 Å². The Labute approximate surface area is 182 Å². The minimum atomic E-state index is -0.330. The first-order valence-corrected chi connectivity index (χ1v) is 11.2. The number of carbonyl (C=O) groups is 1. The smallest absolute Gasteiger partial charge is 0.321 e. The zero-order valence-corrected chi connectivity index (χ0v) is 18.1. The van der Waals surface area contributed by atoms with Crippen LogP contribution in [0.25, 0.3) is 0 Å². The number of hydrogen-bond donors (Lipinski definition) is 1. The first kappa shape index (κ1) is 21.0. The van der Waals surface area contributed by atoms with Crippen molar-refractivity contribution in [3.8, 4) is 5.75 Å². The van der Waals surface area contributed by atoms with Crippen LogP contribution in [0.1, 0.15) is 50.2 Å². The lowest BCUT2D eigenvalue weighted by Gasteiger charge is -2.44. The van der Waals surface area contributed by atoms with Crippen molar-refractivity contribution in [1.29, 1.82) is 0 Å². The fraction of sp³-hybridized carbons (Fsp3) is 0.458. The Hall–Kier alpha value is -2.27. The first-order valence-electron chi connectivity index (χ1n) is 10.8. The summed E-state index contributed by atoms with van der Waals surface area (Å²) in [6.45, 7) is 3.42. The van der Waals surface area contributed by atoms with E-state index >= 15 is 0 Å². The quantitative estimate of drug-likeness (QED) is 0.626. The second kappa shape index (κ2) is 8.84. The minimum absolute atomic E-state index is 0.0810. The number of rotatable bonds is 4. The van der Waals surface area contributed by atoms with Gasteiger partial charge in [-0.3, -0.25) is 0 Å². The molecule has 0 atom stereocenters. The van der Waals surface area contributed by atoms with Crippen LogP contribution < -0.4 is 10.1 Å². The summed E-state index contributed by atoms with van der Waals surface area (Å²) >= 11 is 6.22. The highest BCUT2D eigenvalue weighted by atomic mass is 35.5. The van der Waals surface area contributed by atoms with Gasteiger partial charge in [0, 0.05) is 31.6 Å². The van der Waals surface area contributed by atoms with Gasteiger partial charge in [-0.1, -0.05) is 37.1 Å². The zero-order valence-electron chi connectivity index (χ0n) is 17.3. The number of ether oxygens (including phenoxy) is 1. The summed E-state index contributed by atoms with van der Waals surface area (Å²) in [4.78, 5) is 14.5. The summed E-state index contributed by atoms with van der Waals surface area (Å²) in [6, 6.07) is 10.8. The number of nitrogens with one attached hydrogen (secondary N) is 1. The largest absolute Gasteiger partial charge is 0.485 e. The van der Waals surface area contributed by atoms with Crippen LogP contribution in [-0.2, 0) is 12.8 Å². The van der Waals surface area contributed by atoms with Gasteiger partial charge in [0.1, 0.15) is 17.2 Å². The number of nitrogens with zero attached hydrogens (tertiary/aromatic N) is 1. The number of hydrogen-bond acceptors (Lipinski definition) is 2. The number of piperidine rings is 1. The molecular formula is C24H28ClFN2O2. The number of aryl methyl sites for hydroxylation is 2. The summed E-state index contributed by atoms with van der Waals surface area (Å²) < 4.78 is 19.9. The number of halogens is 2. The molecule has 4 rings (SSSR count). The normalized spacial score (nSPS) is 17.4. The van der Waals surface area contributed by atoms with Crippen LogP contribution in [-0.4, -0.2) is 29.6 Å². The molecule has 2 aromatic rings. The van der Waals surface area contributed by atoms with Gasteiger partial charge in [-0.15, -0.1) is 0 Å². The Kier molecular flexibility index (Phi) is 6.19. The summed E-state index contributed by atoms with van der Waals surface area (Å²) in [5, 5.41) is 3.33. The monoisotopic (exact) mass is 430 g/mol. The van der Waals surface area contributed by atoms with Crippen LogP contribution in [0.5, 0.6) is 5.75 Å². The van der Waals surface area contributed by atoms with Gasteiger partial charge in [0.2, 0.25) is 0 Å². The molecule has 1 saturated heterocycles. The Balaban J connectivity index is 1.33. The SMILES string of the molecule is CCCCc1ccc(NC(=O)N2CCC3(CCc4cc(F)cc(Cl)c4O3)CC2)cc1. The number of urea groups is 1. The molecular weight excluding hydrogens is 403 g/mol. The molecule has 0 aromatic heterocycles. The van der Waals surface area contributed by atoms with Crippen LogP contribution >= 0.6 is 11.6 Å². The van der Waals surface area contributed by atoms with E-state index < -0.39 is 0 Å². The fourth-order valence-corrected chi connectivity index (χ4v) is 4.62. The van der Waals surface area contributed by atoms with Gasteiger partial charge in [-0.05, 0) is 61.1 Å². The van der Waals surface area contributed by atoms with Gasteiger partial charge in [0.05, 0.1) is 5.02 Å². The highest BCUT2D eigenvalue weighted by Crippen LogP contribution is 2.43. The van der Waals surface area contributed by atoms with Crippen LogP contribution in [0.3, 0.4) is 0 Å². The van der Waals surface area contributed by atoms with E-state index in [0.29, 0.717) is 23.9 Å². The van der Waals surface area contributed by atoms with Crippen molar-refractivity contribution in [3.05, 3.63) is 58.4 Å². The number of carbonyl (C=O) groups excluding carboxylic acids is 1. The summed E-state index contributed by atoms with van der Waals surface area (Å²) in [6.07, 6.45) is 6.45. The molecule has 2 aromatic carbocycles. The molecule has 1 N–H and O–H groups in total. The van der Waals surface area contributed by atoms with Crippen molar-refractivity contribution >= 4 is 23.3 Å². The number of benzene rings is 2. The van der Waals surface area contributed by atoms with Crippen molar-refractivity contribution in [2.45, 2.75) is 57.5 Å². The van der Waals surface area contributed by atoms with Crippen molar-refractivity contribution in [3.63, 3.8) is 0 Å². The average molecular weight is 431 g/mol. The summed E-state index contributed by atoms with van der Waals surface area (Å²) in [5.74, 6) is 0.272. The van der Waals surface area contributed by atoms with E-state index in [4.69, 9.17) is 16.3 Å². The van der Waals surface area contributed by atoms with Gasteiger partial charge in [0.15, 0.2) is 0 Å². The number of likely N-dealkylation sites (tertiary alicyclic amines) is 1. The van der Waals surface area contributed by atoms with E-state index in [1.165, 1.54) is 30.5 Å². The van der Waals surface area contributed by atoms with Gasteiger partial charge >= 0.3 is 6.03 Å². The molecule has 2 aliphatic rings. The molecule has 30 heavy (non-hydrogen) atoms. The third-order valence-electron chi connectivity index (χ3n) is 6.24. The molecule has 0 bridgehead atoms. The van der Waals surface area contributed by atoms with E-state index in [2.05, 4.69) is 24.4 Å². The lowest BCUT2D eigenvalue weighted by atomic mass is 9.83. The number of fused-ring (bicyclic) bond motifs is 1. The van der Waals surface area contributed by atoms with Crippen molar-refractivity contribution in [2.75, 3.05) is 18.4 Å².